The second-order valence-electron chi connectivity index (χ2n) is 5.69. The summed E-state index contributed by atoms with van der Waals surface area (Å²) in [6, 6.07) is 0. The number of hydrogen-bond donors (Lipinski definition) is 0. The van der Waals surface area contributed by atoms with E-state index in [1.165, 1.54) is 0 Å². The van der Waals surface area contributed by atoms with Gasteiger partial charge in [0.15, 0.2) is 0 Å². The number of esters is 1. The van der Waals surface area contributed by atoms with Crippen molar-refractivity contribution in [2.45, 2.75) is 72.8 Å². The van der Waals surface area contributed by atoms with Crippen LogP contribution < -0.4 is 0 Å². The normalized spacial score (nSPS) is 15.6. The van der Waals surface area contributed by atoms with Gasteiger partial charge in [0.25, 0.3) is 0 Å². The Kier molecular flexibility index (Phi) is 6.70. The predicted molar refractivity (Wildman–Crippen MR) is 68.3 cm³/mol. The number of hydrogen-bond acceptors (Lipinski definition) is 2. The van der Waals surface area contributed by atoms with Gasteiger partial charge in [0.2, 0.25) is 0 Å². The molecule has 0 fully saturated rings. The Balaban J connectivity index is 4.45. The summed E-state index contributed by atoms with van der Waals surface area (Å²) in [5, 5.41) is 0. The highest BCUT2D eigenvalue weighted by atomic mass is 16.6. The van der Waals surface area contributed by atoms with Gasteiger partial charge < -0.3 is 4.74 Å². The summed E-state index contributed by atoms with van der Waals surface area (Å²) >= 11 is 0. The first-order valence-electron chi connectivity index (χ1n) is 6.54. The van der Waals surface area contributed by atoms with Crippen molar-refractivity contribution < 1.29 is 9.53 Å². The maximum Gasteiger partial charge on any atom is 0.309 e. The van der Waals surface area contributed by atoms with Gasteiger partial charge in [-0.1, -0.05) is 40.0 Å². The van der Waals surface area contributed by atoms with Crippen LogP contribution >= 0.6 is 0 Å². The molecule has 0 aromatic carbocycles. The van der Waals surface area contributed by atoms with Crippen molar-refractivity contribution in [1.82, 2.24) is 0 Å². The van der Waals surface area contributed by atoms with Crippen LogP contribution in [0.4, 0.5) is 0 Å². The molecule has 0 aliphatic carbocycles. The summed E-state index contributed by atoms with van der Waals surface area (Å²) in [5.74, 6) is 0.485. The van der Waals surface area contributed by atoms with Crippen molar-refractivity contribution in [3.05, 3.63) is 0 Å². The molecular formula is C14H28O2. The second kappa shape index (κ2) is 6.93. The van der Waals surface area contributed by atoms with E-state index in [9.17, 15) is 4.79 Å². The molecule has 0 bridgehead atoms. The van der Waals surface area contributed by atoms with E-state index in [-0.39, 0.29) is 17.5 Å². The van der Waals surface area contributed by atoms with Crippen molar-refractivity contribution in [3.63, 3.8) is 0 Å². The first kappa shape index (κ1) is 15.5. The topological polar surface area (TPSA) is 26.3 Å². The van der Waals surface area contributed by atoms with E-state index in [1.54, 1.807) is 0 Å². The Labute approximate surface area is 101 Å². The highest BCUT2D eigenvalue weighted by Gasteiger charge is 2.28. The van der Waals surface area contributed by atoms with Gasteiger partial charge in [0.1, 0.15) is 5.60 Å². The summed E-state index contributed by atoms with van der Waals surface area (Å²) in [6.45, 7) is 12.2. The Bertz CT molecular complexity index is 203. The van der Waals surface area contributed by atoms with Gasteiger partial charge in [0.05, 0.1) is 5.92 Å². The van der Waals surface area contributed by atoms with Crippen molar-refractivity contribution in [1.29, 1.82) is 0 Å². The molecule has 2 atom stereocenters. The molecule has 0 aliphatic rings. The van der Waals surface area contributed by atoms with E-state index < -0.39 is 0 Å². The molecule has 0 rings (SSSR count). The van der Waals surface area contributed by atoms with E-state index in [4.69, 9.17) is 4.74 Å². The number of rotatable bonds is 6. The van der Waals surface area contributed by atoms with Crippen LogP contribution in [0.25, 0.3) is 0 Å². The summed E-state index contributed by atoms with van der Waals surface area (Å²) in [7, 11) is 0. The molecule has 2 nitrogen and oxygen atoms in total. The predicted octanol–water partition coefficient (Wildman–Crippen LogP) is 4.18. The molecule has 0 radical (unpaired) electrons. The number of ether oxygens (including phenoxy) is 1. The van der Waals surface area contributed by atoms with E-state index >= 15 is 0 Å². The van der Waals surface area contributed by atoms with Gasteiger partial charge in [-0.15, -0.1) is 0 Å². The van der Waals surface area contributed by atoms with Crippen LogP contribution in [0.5, 0.6) is 0 Å². The Morgan fingerprint density at radius 2 is 1.62 bits per heavy atom. The fourth-order valence-corrected chi connectivity index (χ4v) is 1.98. The first-order chi connectivity index (χ1) is 7.31. The van der Waals surface area contributed by atoms with Crippen LogP contribution in [0, 0.1) is 11.8 Å². The zero-order valence-electron chi connectivity index (χ0n) is 11.8. The Morgan fingerprint density at radius 1 is 1.12 bits per heavy atom. The minimum Gasteiger partial charge on any atom is -0.460 e. The average Bonchev–Trinajstić information content (AvgIpc) is 2.11. The summed E-state index contributed by atoms with van der Waals surface area (Å²) < 4.78 is 5.48. The van der Waals surface area contributed by atoms with Crippen molar-refractivity contribution >= 4 is 5.97 Å². The maximum absolute atomic E-state index is 12.0. The number of carbonyl (C=O) groups excluding carboxylic acids is 1. The minimum atomic E-state index is -0.366. The van der Waals surface area contributed by atoms with Crippen LogP contribution in [0.2, 0.25) is 0 Å². The maximum atomic E-state index is 12.0. The smallest absolute Gasteiger partial charge is 0.309 e. The van der Waals surface area contributed by atoms with Gasteiger partial charge in [-0.3, -0.25) is 4.79 Å². The molecule has 2 unspecified atom stereocenters. The fraction of sp³-hybridized carbons (Fsp3) is 0.929. The highest BCUT2D eigenvalue weighted by molar-refractivity contribution is 5.73. The third-order valence-corrected chi connectivity index (χ3v) is 2.74. The molecule has 0 saturated heterocycles. The summed E-state index contributed by atoms with van der Waals surface area (Å²) in [6.07, 6.45) is 4.21. The van der Waals surface area contributed by atoms with Crippen LogP contribution in [-0.4, -0.2) is 11.6 Å². The van der Waals surface area contributed by atoms with E-state index in [0.29, 0.717) is 5.92 Å². The lowest BCUT2D eigenvalue weighted by atomic mass is 9.87. The zero-order chi connectivity index (χ0) is 12.8. The van der Waals surface area contributed by atoms with Gasteiger partial charge in [-0.25, -0.2) is 0 Å². The van der Waals surface area contributed by atoms with Crippen LogP contribution in [0.1, 0.15) is 67.2 Å². The molecule has 0 heterocycles. The molecule has 96 valence electrons. The van der Waals surface area contributed by atoms with Crippen molar-refractivity contribution in [2.24, 2.45) is 11.8 Å². The molecule has 0 spiro atoms. The fourth-order valence-electron chi connectivity index (χ4n) is 1.98. The van der Waals surface area contributed by atoms with Crippen LogP contribution in [0.3, 0.4) is 0 Å². The van der Waals surface area contributed by atoms with Gasteiger partial charge in [-0.05, 0) is 33.1 Å². The van der Waals surface area contributed by atoms with Crippen molar-refractivity contribution in [3.8, 4) is 0 Å². The second-order valence-corrected chi connectivity index (χ2v) is 5.69. The standard InChI is InChI=1S/C14H28O2/c1-7-9-11(3)12(10-8-2)13(15)16-14(4,5)6/h11-12H,7-10H2,1-6H3. The lowest BCUT2D eigenvalue weighted by Gasteiger charge is -2.27. The van der Waals surface area contributed by atoms with Gasteiger partial charge in [-0.2, -0.15) is 0 Å². The highest BCUT2D eigenvalue weighted by Crippen LogP contribution is 2.25. The van der Waals surface area contributed by atoms with E-state index in [2.05, 4.69) is 20.8 Å². The molecule has 0 N–H and O–H groups in total. The van der Waals surface area contributed by atoms with Gasteiger partial charge >= 0.3 is 5.97 Å². The van der Waals surface area contributed by atoms with E-state index in [0.717, 1.165) is 25.7 Å². The SMILES string of the molecule is CCCC(C)C(CCC)C(=O)OC(C)(C)C. The molecule has 16 heavy (non-hydrogen) atoms. The van der Waals surface area contributed by atoms with Crippen LogP contribution in [0.15, 0.2) is 0 Å². The lowest BCUT2D eigenvalue weighted by molar-refractivity contribution is -0.162. The summed E-state index contributed by atoms with van der Waals surface area (Å²) in [5.41, 5.74) is -0.366. The molecule has 0 amide bonds. The van der Waals surface area contributed by atoms with Crippen LogP contribution in [-0.2, 0) is 9.53 Å². The van der Waals surface area contributed by atoms with Crippen molar-refractivity contribution in [2.75, 3.05) is 0 Å². The molecule has 2 heteroatoms. The Hall–Kier alpha value is -0.530. The molecule has 0 aliphatic heterocycles. The monoisotopic (exact) mass is 228 g/mol. The minimum absolute atomic E-state index is 0.0182. The van der Waals surface area contributed by atoms with E-state index in [1.807, 2.05) is 20.8 Å². The molecule has 0 aromatic rings. The number of carbonyl (C=O) groups is 1. The molecule has 0 aromatic heterocycles. The third-order valence-electron chi connectivity index (χ3n) is 2.74. The molecule has 0 saturated carbocycles. The zero-order valence-corrected chi connectivity index (χ0v) is 11.8. The Morgan fingerprint density at radius 3 is 2.00 bits per heavy atom. The first-order valence-corrected chi connectivity index (χ1v) is 6.54. The summed E-state index contributed by atoms with van der Waals surface area (Å²) in [4.78, 5) is 12.0. The lowest BCUT2D eigenvalue weighted by Crippen LogP contribution is -2.31. The van der Waals surface area contributed by atoms with Gasteiger partial charge in [0, 0.05) is 0 Å². The quantitative estimate of drug-likeness (QED) is 0.637. The largest absolute Gasteiger partial charge is 0.460 e. The average molecular weight is 228 g/mol. The third kappa shape index (κ3) is 6.14. The molecular weight excluding hydrogens is 200 g/mol.